The number of nitrogens with zero attached hydrogens (tertiary/aromatic N) is 1. The van der Waals surface area contributed by atoms with Crippen LogP contribution in [0.4, 0.5) is 0 Å². The van der Waals surface area contributed by atoms with Crippen LogP contribution in [-0.4, -0.2) is 48.3 Å². The van der Waals surface area contributed by atoms with Crippen molar-refractivity contribution in [2.45, 2.75) is 91.0 Å². The van der Waals surface area contributed by atoms with Crippen LogP contribution in [0.5, 0.6) is 0 Å². The third-order valence-electron chi connectivity index (χ3n) is 5.33. The van der Waals surface area contributed by atoms with Crippen molar-refractivity contribution in [1.82, 2.24) is 10.2 Å². The fourth-order valence-corrected chi connectivity index (χ4v) is 3.94. The molecule has 3 nitrogen and oxygen atoms in total. The lowest BCUT2D eigenvalue weighted by Gasteiger charge is -2.37. The molecule has 126 valence electrons. The minimum Gasteiger partial charge on any atom is -0.368 e. The smallest absolute Gasteiger partial charge is 0.0790 e. The number of unbranched alkanes of at least 4 members (excludes halogenated alkanes) is 1. The van der Waals surface area contributed by atoms with E-state index in [2.05, 4.69) is 65.7 Å². The van der Waals surface area contributed by atoms with Crippen molar-refractivity contribution < 1.29 is 4.74 Å². The number of hydrogen-bond acceptors (Lipinski definition) is 3. The van der Waals surface area contributed by atoms with E-state index in [1.807, 2.05) is 0 Å². The first kappa shape index (κ1) is 18.9. The third kappa shape index (κ3) is 4.43. The molecule has 0 spiro atoms. The first-order valence-corrected chi connectivity index (χ1v) is 8.81. The van der Waals surface area contributed by atoms with E-state index in [1.54, 1.807) is 0 Å². The van der Waals surface area contributed by atoms with Gasteiger partial charge in [0.15, 0.2) is 0 Å². The molecule has 3 heteroatoms. The Kier molecular flexibility index (Phi) is 6.70. The van der Waals surface area contributed by atoms with E-state index in [9.17, 15) is 0 Å². The van der Waals surface area contributed by atoms with Crippen molar-refractivity contribution in [3.8, 4) is 0 Å². The van der Waals surface area contributed by atoms with Gasteiger partial charge in [-0.25, -0.2) is 0 Å². The summed E-state index contributed by atoms with van der Waals surface area (Å²) in [4.78, 5) is 2.67. The molecule has 1 aliphatic heterocycles. The lowest BCUT2D eigenvalue weighted by molar-refractivity contribution is -0.0800. The Hall–Kier alpha value is -0.120. The average molecular weight is 299 g/mol. The molecule has 0 aromatic rings. The average Bonchev–Trinajstić information content (AvgIpc) is 2.57. The van der Waals surface area contributed by atoms with E-state index in [1.165, 1.54) is 25.8 Å². The van der Waals surface area contributed by atoms with Gasteiger partial charge < -0.3 is 15.0 Å². The Morgan fingerprint density at radius 2 is 1.76 bits per heavy atom. The summed E-state index contributed by atoms with van der Waals surface area (Å²) < 4.78 is 6.38. The second-order valence-corrected chi connectivity index (χ2v) is 7.79. The molecule has 0 aromatic heterocycles. The molecule has 0 bridgehead atoms. The molecule has 1 rings (SSSR count). The van der Waals surface area contributed by atoms with Crippen LogP contribution >= 0.6 is 0 Å². The summed E-state index contributed by atoms with van der Waals surface area (Å²) in [7, 11) is 2.07. The highest BCUT2D eigenvalue weighted by atomic mass is 16.5. The van der Waals surface area contributed by atoms with Gasteiger partial charge in [-0.05, 0) is 61.1 Å². The molecular formula is C18H38N2O. The Morgan fingerprint density at radius 3 is 2.24 bits per heavy atom. The number of hydrogen-bond donors (Lipinski definition) is 1. The number of ether oxygens (including phenoxy) is 1. The van der Waals surface area contributed by atoms with Crippen LogP contribution in [0.3, 0.4) is 0 Å². The molecule has 1 saturated heterocycles. The molecule has 1 heterocycles. The molecule has 0 saturated carbocycles. The van der Waals surface area contributed by atoms with Gasteiger partial charge >= 0.3 is 0 Å². The molecule has 0 radical (unpaired) electrons. The highest BCUT2D eigenvalue weighted by Gasteiger charge is 2.53. The van der Waals surface area contributed by atoms with Gasteiger partial charge in [-0.2, -0.15) is 0 Å². The Balaban J connectivity index is 2.88. The van der Waals surface area contributed by atoms with E-state index in [4.69, 9.17) is 4.74 Å². The zero-order chi connectivity index (χ0) is 16.3. The van der Waals surface area contributed by atoms with Gasteiger partial charge in [0, 0.05) is 24.5 Å². The Bertz CT molecular complexity index is 314. The summed E-state index contributed by atoms with van der Waals surface area (Å²) in [5.41, 5.74) is -0.177. The van der Waals surface area contributed by atoms with Crippen molar-refractivity contribution in [3.05, 3.63) is 0 Å². The molecule has 1 aliphatic rings. The first-order chi connectivity index (χ1) is 9.69. The minimum atomic E-state index is -0.102. The van der Waals surface area contributed by atoms with Crippen LogP contribution in [0.1, 0.15) is 67.7 Å². The highest BCUT2D eigenvalue weighted by Crippen LogP contribution is 2.42. The second kappa shape index (κ2) is 7.43. The number of nitrogens with one attached hydrogen (secondary N) is 1. The number of rotatable bonds is 8. The molecule has 0 aliphatic carbocycles. The van der Waals surface area contributed by atoms with Crippen LogP contribution in [0.2, 0.25) is 0 Å². The standard InChI is InChI=1S/C18H38N2O/c1-9-11-12-20(14(3)10-2)13-15-16(19-8)18(6,7)21-17(15,4)5/h14-16,19H,9-13H2,1-8H3. The fourth-order valence-electron chi connectivity index (χ4n) is 3.94. The maximum absolute atomic E-state index is 6.38. The van der Waals surface area contributed by atoms with Gasteiger partial charge in [0.1, 0.15) is 0 Å². The predicted octanol–water partition coefficient (Wildman–Crippen LogP) is 3.68. The summed E-state index contributed by atoms with van der Waals surface area (Å²) in [6.07, 6.45) is 3.76. The molecule has 0 aromatic carbocycles. The van der Waals surface area contributed by atoms with Crippen molar-refractivity contribution in [3.63, 3.8) is 0 Å². The van der Waals surface area contributed by atoms with Crippen LogP contribution < -0.4 is 5.32 Å². The van der Waals surface area contributed by atoms with Crippen LogP contribution in [0, 0.1) is 5.92 Å². The molecule has 0 amide bonds. The Labute approximate surface area is 132 Å². The number of likely N-dealkylation sites (N-methyl/N-ethyl adjacent to an activating group) is 1. The highest BCUT2D eigenvalue weighted by molar-refractivity contribution is 5.05. The lowest BCUT2D eigenvalue weighted by Crippen LogP contribution is -2.51. The van der Waals surface area contributed by atoms with E-state index in [0.29, 0.717) is 18.0 Å². The van der Waals surface area contributed by atoms with Gasteiger partial charge in [0.2, 0.25) is 0 Å². The SMILES string of the molecule is CCCCN(CC1C(NC)C(C)(C)OC1(C)C)C(C)CC. The molecular weight excluding hydrogens is 260 g/mol. The van der Waals surface area contributed by atoms with Crippen molar-refractivity contribution in [2.24, 2.45) is 5.92 Å². The first-order valence-electron chi connectivity index (χ1n) is 8.81. The molecule has 3 unspecified atom stereocenters. The van der Waals surface area contributed by atoms with Crippen LogP contribution in [0.25, 0.3) is 0 Å². The summed E-state index contributed by atoms with van der Waals surface area (Å²) in [6.45, 7) is 18.2. The molecule has 1 fully saturated rings. The van der Waals surface area contributed by atoms with Gasteiger partial charge in [-0.15, -0.1) is 0 Å². The summed E-state index contributed by atoms with van der Waals surface area (Å²) >= 11 is 0. The van der Waals surface area contributed by atoms with Crippen molar-refractivity contribution >= 4 is 0 Å². The Morgan fingerprint density at radius 1 is 1.14 bits per heavy atom. The van der Waals surface area contributed by atoms with Gasteiger partial charge in [0.25, 0.3) is 0 Å². The monoisotopic (exact) mass is 298 g/mol. The third-order valence-corrected chi connectivity index (χ3v) is 5.33. The largest absolute Gasteiger partial charge is 0.368 e. The normalized spacial score (nSPS) is 29.0. The summed E-state index contributed by atoms with van der Waals surface area (Å²) in [5.74, 6) is 0.517. The molecule has 1 N–H and O–H groups in total. The lowest BCUT2D eigenvalue weighted by atomic mass is 9.82. The van der Waals surface area contributed by atoms with Gasteiger partial charge in [-0.3, -0.25) is 0 Å². The van der Waals surface area contributed by atoms with E-state index in [0.717, 1.165) is 6.54 Å². The maximum Gasteiger partial charge on any atom is 0.0790 e. The van der Waals surface area contributed by atoms with E-state index >= 15 is 0 Å². The van der Waals surface area contributed by atoms with E-state index < -0.39 is 0 Å². The maximum atomic E-state index is 6.38. The predicted molar refractivity (Wildman–Crippen MR) is 91.8 cm³/mol. The summed E-state index contributed by atoms with van der Waals surface area (Å²) in [6, 6.07) is 1.05. The zero-order valence-corrected chi connectivity index (χ0v) is 15.6. The van der Waals surface area contributed by atoms with Crippen molar-refractivity contribution in [1.29, 1.82) is 0 Å². The van der Waals surface area contributed by atoms with Crippen LogP contribution in [-0.2, 0) is 4.74 Å². The molecule has 21 heavy (non-hydrogen) atoms. The van der Waals surface area contributed by atoms with Crippen molar-refractivity contribution in [2.75, 3.05) is 20.1 Å². The zero-order valence-electron chi connectivity index (χ0n) is 15.6. The quantitative estimate of drug-likeness (QED) is 0.740. The minimum absolute atomic E-state index is 0.0743. The van der Waals surface area contributed by atoms with Gasteiger partial charge in [-0.1, -0.05) is 20.3 Å². The second-order valence-electron chi connectivity index (χ2n) is 7.79. The van der Waals surface area contributed by atoms with Gasteiger partial charge in [0.05, 0.1) is 11.2 Å². The molecule has 3 atom stereocenters. The van der Waals surface area contributed by atoms with Crippen LogP contribution in [0.15, 0.2) is 0 Å². The van der Waals surface area contributed by atoms with E-state index in [-0.39, 0.29) is 11.2 Å². The fraction of sp³-hybridized carbons (Fsp3) is 1.00. The topological polar surface area (TPSA) is 24.5 Å². The summed E-state index contributed by atoms with van der Waals surface area (Å²) in [5, 5.41) is 3.53.